The van der Waals surface area contributed by atoms with Crippen molar-refractivity contribution >= 4 is 37.6 Å². The molecular weight excluding hydrogens is 344 g/mol. The number of halogens is 2. The van der Waals surface area contributed by atoms with Crippen LogP contribution in [0.3, 0.4) is 0 Å². The van der Waals surface area contributed by atoms with Crippen molar-refractivity contribution < 1.29 is 13.2 Å². The molecule has 100 valence electrons. The normalized spacial score (nSPS) is 20.9. The van der Waals surface area contributed by atoms with Gasteiger partial charge in [-0.1, -0.05) is 11.6 Å². The number of nitrogens with zero attached hydrogens (tertiary/aromatic N) is 1. The fourth-order valence-corrected chi connectivity index (χ4v) is 3.91. The number of nitrogens with one attached hydrogen (secondary N) is 1. The molecule has 0 spiro atoms. The number of sulfonamides is 1. The summed E-state index contributed by atoms with van der Waals surface area (Å²) in [5, 5.41) is -0.0394. The van der Waals surface area contributed by atoms with Gasteiger partial charge in [0.1, 0.15) is 10.0 Å². The first-order valence-electron chi connectivity index (χ1n) is 5.40. The zero-order valence-electron chi connectivity index (χ0n) is 9.40. The summed E-state index contributed by atoms with van der Waals surface area (Å²) < 4.78 is 32.7. The van der Waals surface area contributed by atoms with Crippen LogP contribution in [0.2, 0.25) is 5.15 Å². The monoisotopic (exact) mass is 354 g/mol. The second kappa shape index (κ2) is 5.83. The van der Waals surface area contributed by atoms with E-state index in [0.717, 1.165) is 12.8 Å². The lowest BCUT2D eigenvalue weighted by Crippen LogP contribution is -2.40. The van der Waals surface area contributed by atoms with Gasteiger partial charge in [-0.2, -0.15) is 0 Å². The van der Waals surface area contributed by atoms with E-state index in [4.69, 9.17) is 16.3 Å². The molecule has 1 fully saturated rings. The first-order chi connectivity index (χ1) is 8.49. The largest absolute Gasteiger partial charge is 0.380 e. The molecule has 1 saturated heterocycles. The molecular formula is C10H12BrClN2O3S. The van der Waals surface area contributed by atoms with E-state index in [2.05, 4.69) is 25.6 Å². The van der Waals surface area contributed by atoms with Crippen LogP contribution in [0.4, 0.5) is 0 Å². The summed E-state index contributed by atoms with van der Waals surface area (Å²) in [5.74, 6) is 0. The molecule has 5 nitrogen and oxygen atoms in total. The van der Waals surface area contributed by atoms with Crippen molar-refractivity contribution in [3.63, 3.8) is 0 Å². The minimum Gasteiger partial charge on any atom is -0.380 e. The molecule has 1 atom stereocenters. The molecule has 0 saturated carbocycles. The van der Waals surface area contributed by atoms with Crippen molar-refractivity contribution in [2.45, 2.75) is 23.8 Å². The van der Waals surface area contributed by atoms with Crippen LogP contribution < -0.4 is 4.72 Å². The third-order valence-electron chi connectivity index (χ3n) is 2.55. The molecule has 2 heterocycles. The van der Waals surface area contributed by atoms with Crippen LogP contribution in [0.1, 0.15) is 12.8 Å². The van der Waals surface area contributed by atoms with Gasteiger partial charge >= 0.3 is 0 Å². The quantitative estimate of drug-likeness (QED) is 0.842. The van der Waals surface area contributed by atoms with Crippen molar-refractivity contribution in [1.82, 2.24) is 9.71 Å². The van der Waals surface area contributed by atoms with Gasteiger partial charge in [-0.05, 0) is 34.8 Å². The van der Waals surface area contributed by atoms with Crippen LogP contribution >= 0.6 is 27.5 Å². The van der Waals surface area contributed by atoms with E-state index in [1.807, 2.05) is 0 Å². The number of pyridine rings is 1. The summed E-state index contributed by atoms with van der Waals surface area (Å²) >= 11 is 8.99. The number of rotatable bonds is 3. The van der Waals surface area contributed by atoms with Crippen LogP contribution in [-0.4, -0.2) is 32.7 Å². The molecule has 0 aliphatic carbocycles. The summed E-state index contributed by atoms with van der Waals surface area (Å²) in [6.45, 7) is 1.07. The lowest BCUT2D eigenvalue weighted by Gasteiger charge is -2.23. The van der Waals surface area contributed by atoms with Gasteiger partial charge in [-0.15, -0.1) is 0 Å². The van der Waals surface area contributed by atoms with Crippen LogP contribution in [0, 0.1) is 0 Å². The second-order valence-electron chi connectivity index (χ2n) is 3.98. The van der Waals surface area contributed by atoms with Gasteiger partial charge in [0.05, 0.1) is 6.61 Å². The Morgan fingerprint density at radius 1 is 1.56 bits per heavy atom. The Morgan fingerprint density at radius 2 is 2.33 bits per heavy atom. The average molecular weight is 356 g/mol. The van der Waals surface area contributed by atoms with Crippen LogP contribution in [-0.2, 0) is 14.8 Å². The van der Waals surface area contributed by atoms with E-state index in [9.17, 15) is 8.42 Å². The van der Waals surface area contributed by atoms with Crippen LogP contribution in [0.5, 0.6) is 0 Å². The smallest absolute Gasteiger partial charge is 0.244 e. The third-order valence-corrected chi connectivity index (χ3v) is 4.93. The standard InChI is InChI=1S/C10H12BrClN2O3S/c11-7-4-9(10(12)13-5-7)18(15,16)14-8-2-1-3-17-6-8/h4-5,8,14H,1-3,6H2. The molecule has 1 aliphatic rings. The SMILES string of the molecule is O=S(=O)(NC1CCCOC1)c1cc(Br)cnc1Cl. The topological polar surface area (TPSA) is 68.3 Å². The first kappa shape index (κ1) is 14.2. The zero-order chi connectivity index (χ0) is 13.2. The van der Waals surface area contributed by atoms with Gasteiger partial charge in [0.2, 0.25) is 10.0 Å². The molecule has 0 bridgehead atoms. The molecule has 1 aromatic heterocycles. The summed E-state index contributed by atoms with van der Waals surface area (Å²) in [7, 11) is -3.67. The minimum atomic E-state index is -3.67. The highest BCUT2D eigenvalue weighted by molar-refractivity contribution is 9.10. The Morgan fingerprint density at radius 3 is 3.00 bits per heavy atom. The third kappa shape index (κ3) is 3.42. The van der Waals surface area contributed by atoms with Crippen molar-refractivity contribution in [3.05, 3.63) is 21.9 Å². The Hall–Kier alpha value is -0.210. The lowest BCUT2D eigenvalue weighted by molar-refractivity contribution is 0.0774. The second-order valence-corrected chi connectivity index (χ2v) is 6.93. The summed E-state index contributed by atoms with van der Waals surface area (Å²) in [6.07, 6.45) is 3.06. The van der Waals surface area contributed by atoms with Gasteiger partial charge in [0.15, 0.2) is 0 Å². The lowest BCUT2D eigenvalue weighted by atomic mass is 10.1. The fourth-order valence-electron chi connectivity index (χ4n) is 1.71. The molecule has 0 radical (unpaired) electrons. The molecule has 18 heavy (non-hydrogen) atoms. The number of hydrogen-bond acceptors (Lipinski definition) is 4. The predicted octanol–water partition coefficient (Wildman–Crippen LogP) is 1.95. The predicted molar refractivity (Wildman–Crippen MR) is 71.1 cm³/mol. The minimum absolute atomic E-state index is 0.0240. The zero-order valence-corrected chi connectivity index (χ0v) is 12.6. The number of ether oxygens (including phenoxy) is 1. The van der Waals surface area contributed by atoms with Gasteiger partial charge in [0, 0.05) is 23.3 Å². The van der Waals surface area contributed by atoms with Crippen molar-refractivity contribution in [1.29, 1.82) is 0 Å². The maximum atomic E-state index is 12.2. The van der Waals surface area contributed by atoms with Crippen molar-refractivity contribution in [3.8, 4) is 0 Å². The van der Waals surface area contributed by atoms with Gasteiger partial charge < -0.3 is 4.74 Å². The molecule has 1 unspecified atom stereocenters. The molecule has 1 aliphatic heterocycles. The average Bonchev–Trinajstić information content (AvgIpc) is 2.33. The van der Waals surface area contributed by atoms with E-state index in [0.29, 0.717) is 17.7 Å². The van der Waals surface area contributed by atoms with E-state index >= 15 is 0 Å². The van der Waals surface area contributed by atoms with E-state index < -0.39 is 10.0 Å². The fraction of sp³-hybridized carbons (Fsp3) is 0.500. The maximum Gasteiger partial charge on any atom is 0.244 e. The van der Waals surface area contributed by atoms with Gasteiger partial charge in [-0.25, -0.2) is 18.1 Å². The molecule has 0 aromatic carbocycles. The molecule has 2 rings (SSSR count). The summed E-state index contributed by atoms with van der Waals surface area (Å²) in [6, 6.07) is 1.22. The summed E-state index contributed by atoms with van der Waals surface area (Å²) in [4.78, 5) is 3.78. The summed E-state index contributed by atoms with van der Waals surface area (Å²) in [5.41, 5.74) is 0. The highest BCUT2D eigenvalue weighted by Crippen LogP contribution is 2.23. The van der Waals surface area contributed by atoms with Gasteiger partial charge in [-0.3, -0.25) is 0 Å². The van der Waals surface area contributed by atoms with E-state index in [1.54, 1.807) is 0 Å². The van der Waals surface area contributed by atoms with E-state index in [1.165, 1.54) is 12.3 Å². The molecule has 1 aromatic rings. The Kier molecular flexibility index (Phi) is 4.60. The molecule has 1 N–H and O–H groups in total. The first-order valence-corrected chi connectivity index (χ1v) is 8.05. The highest BCUT2D eigenvalue weighted by atomic mass is 79.9. The number of hydrogen-bond donors (Lipinski definition) is 1. The maximum absolute atomic E-state index is 12.2. The Bertz CT molecular complexity index is 532. The highest BCUT2D eigenvalue weighted by Gasteiger charge is 2.24. The van der Waals surface area contributed by atoms with Crippen molar-refractivity contribution in [2.24, 2.45) is 0 Å². The van der Waals surface area contributed by atoms with Crippen LogP contribution in [0.15, 0.2) is 21.6 Å². The molecule has 8 heteroatoms. The number of aromatic nitrogens is 1. The van der Waals surface area contributed by atoms with Gasteiger partial charge in [0.25, 0.3) is 0 Å². The Labute approximate surface area is 119 Å². The van der Waals surface area contributed by atoms with Crippen molar-refractivity contribution in [2.75, 3.05) is 13.2 Å². The van der Waals surface area contributed by atoms with Crippen LogP contribution in [0.25, 0.3) is 0 Å². The Balaban J connectivity index is 2.21. The van der Waals surface area contributed by atoms with E-state index in [-0.39, 0.29) is 16.1 Å². The molecule has 0 amide bonds.